The molecule has 0 aliphatic carbocycles. The summed E-state index contributed by atoms with van der Waals surface area (Å²) in [4.78, 5) is 18.1. The van der Waals surface area contributed by atoms with Crippen molar-refractivity contribution in [2.24, 2.45) is 0 Å². The molecule has 0 N–H and O–H groups in total. The highest BCUT2D eigenvalue weighted by molar-refractivity contribution is 7.00. The average Bonchev–Trinajstić information content (AvgIpc) is 3.69. The maximum atomic E-state index is 13.2. The highest BCUT2D eigenvalue weighted by Crippen LogP contribution is 2.40. The molecule has 0 unspecified atom stereocenters. The van der Waals surface area contributed by atoms with Crippen LogP contribution in [0.4, 0.5) is 0 Å². The highest BCUT2D eigenvalue weighted by Gasteiger charge is 2.51. The average molecular weight is 828 g/mol. The summed E-state index contributed by atoms with van der Waals surface area (Å²) < 4.78 is 33.7. The Morgan fingerprint density at radius 2 is 1.08 bits per heavy atom. The van der Waals surface area contributed by atoms with E-state index in [1.54, 1.807) is 6.26 Å². The van der Waals surface area contributed by atoms with Gasteiger partial charge in [-0.3, -0.25) is 4.79 Å². The van der Waals surface area contributed by atoms with E-state index in [-0.39, 0.29) is 47.2 Å². The van der Waals surface area contributed by atoms with Crippen molar-refractivity contribution in [1.82, 2.24) is 4.98 Å². The summed E-state index contributed by atoms with van der Waals surface area (Å²) in [6.45, 7) is 18.9. The quantitative estimate of drug-likeness (QED) is 0.0817. The van der Waals surface area contributed by atoms with E-state index in [1.165, 1.54) is 20.7 Å². The van der Waals surface area contributed by atoms with Crippen LogP contribution >= 0.6 is 0 Å². The maximum absolute atomic E-state index is 13.2. The number of ketones is 1. The molecule has 4 aromatic carbocycles. The summed E-state index contributed by atoms with van der Waals surface area (Å²) in [6.07, 6.45) is 4.25. The zero-order chi connectivity index (χ0) is 41.7. The molecule has 3 heterocycles. The van der Waals surface area contributed by atoms with E-state index in [4.69, 9.17) is 27.7 Å². The van der Waals surface area contributed by atoms with Gasteiger partial charge in [-0.1, -0.05) is 175 Å². The van der Waals surface area contributed by atoms with E-state index < -0.39 is 22.7 Å². The standard InChI is InChI=1S/C50H61NO6Si2/c1-37-30-39(28-29-54-58(49(2,3)4,42-20-12-8-13-21-42)43-22-14-9-15-23-43)56-40(31-37)34-41-32-38(52)33-47(57-41)46-35-53-48(51-46)36-55-59(50(5,6)7,44-24-16-10-17-25-44)45-26-18-11-19-27-45/h8-27,35,39-41,47H,1,28-34,36H2,2-7H3/t39-,40+,41-,47+/m0/s1. The Bertz CT molecular complexity index is 2050. The van der Waals surface area contributed by atoms with E-state index >= 15 is 0 Å². The smallest absolute Gasteiger partial charge is 0.261 e. The normalized spacial score (nSPS) is 20.8. The van der Waals surface area contributed by atoms with Gasteiger partial charge in [0.1, 0.15) is 30.5 Å². The van der Waals surface area contributed by atoms with Crippen LogP contribution in [-0.2, 0) is 29.7 Å². The maximum Gasteiger partial charge on any atom is 0.261 e. The van der Waals surface area contributed by atoms with Crippen molar-refractivity contribution in [3.8, 4) is 0 Å². The van der Waals surface area contributed by atoms with Gasteiger partial charge in [-0.15, -0.1) is 0 Å². The number of oxazole rings is 1. The molecule has 59 heavy (non-hydrogen) atoms. The first-order valence-electron chi connectivity index (χ1n) is 21.2. The monoisotopic (exact) mass is 827 g/mol. The molecule has 0 spiro atoms. The number of benzene rings is 4. The minimum absolute atomic E-state index is 0.0248. The molecule has 0 radical (unpaired) electrons. The Hall–Kier alpha value is -4.23. The fraction of sp³-hybridized carbons (Fsp3) is 0.400. The summed E-state index contributed by atoms with van der Waals surface area (Å²) >= 11 is 0. The minimum atomic E-state index is -2.79. The predicted molar refractivity (Wildman–Crippen MR) is 241 cm³/mol. The number of carbonyl (C=O) groups is 1. The van der Waals surface area contributed by atoms with Gasteiger partial charge >= 0.3 is 0 Å². The first-order valence-corrected chi connectivity index (χ1v) is 25.0. The molecule has 2 aliphatic rings. The van der Waals surface area contributed by atoms with Gasteiger partial charge in [0.2, 0.25) is 5.89 Å². The van der Waals surface area contributed by atoms with Crippen molar-refractivity contribution in [3.05, 3.63) is 151 Å². The molecule has 0 bridgehead atoms. The van der Waals surface area contributed by atoms with Crippen LogP contribution in [0.5, 0.6) is 0 Å². The minimum Gasteiger partial charge on any atom is -0.446 e. The molecular formula is C50H61NO6Si2. The zero-order valence-electron chi connectivity index (χ0n) is 35.7. The number of rotatable bonds is 14. The summed E-state index contributed by atoms with van der Waals surface area (Å²) in [7, 11) is -5.45. The Labute approximate surface area is 353 Å². The Morgan fingerprint density at radius 1 is 0.627 bits per heavy atom. The van der Waals surface area contributed by atoms with Gasteiger partial charge in [0, 0.05) is 25.9 Å². The molecule has 7 nitrogen and oxygen atoms in total. The number of Topliss-reactive ketones (excluding diaryl/α,β-unsaturated/α-hetero) is 1. The van der Waals surface area contributed by atoms with E-state index in [2.05, 4.69) is 157 Å². The Morgan fingerprint density at radius 3 is 1.58 bits per heavy atom. The zero-order valence-corrected chi connectivity index (χ0v) is 37.7. The molecule has 0 amide bonds. The number of hydrogen-bond acceptors (Lipinski definition) is 7. The predicted octanol–water partition coefficient (Wildman–Crippen LogP) is 9.00. The second-order valence-corrected chi connectivity index (χ2v) is 27.0. The van der Waals surface area contributed by atoms with Gasteiger partial charge in [-0.05, 0) is 50.1 Å². The van der Waals surface area contributed by atoms with Crippen LogP contribution in [0.3, 0.4) is 0 Å². The summed E-state index contributed by atoms with van der Waals surface area (Å²) in [5, 5.41) is 4.64. The third-order valence-electron chi connectivity index (χ3n) is 12.1. The molecular weight excluding hydrogens is 767 g/mol. The van der Waals surface area contributed by atoms with E-state index in [0.29, 0.717) is 31.0 Å². The van der Waals surface area contributed by atoms with Gasteiger partial charge in [0.05, 0.1) is 18.3 Å². The van der Waals surface area contributed by atoms with Gasteiger partial charge in [-0.25, -0.2) is 4.98 Å². The van der Waals surface area contributed by atoms with Crippen molar-refractivity contribution in [3.63, 3.8) is 0 Å². The summed E-state index contributed by atoms with van der Waals surface area (Å²) in [6, 6.07) is 42.6. The van der Waals surface area contributed by atoms with Gasteiger partial charge < -0.3 is 22.7 Å². The van der Waals surface area contributed by atoms with E-state index in [1.807, 2.05) is 12.1 Å². The Balaban J connectivity index is 1.00. The van der Waals surface area contributed by atoms with Crippen LogP contribution in [0.1, 0.15) is 97.8 Å². The molecule has 310 valence electrons. The number of nitrogens with zero attached hydrogens (tertiary/aromatic N) is 1. The van der Waals surface area contributed by atoms with Crippen molar-refractivity contribution in [2.45, 2.75) is 121 Å². The lowest BCUT2D eigenvalue weighted by Crippen LogP contribution is -2.66. The van der Waals surface area contributed by atoms with Crippen molar-refractivity contribution < 1.29 is 27.5 Å². The summed E-state index contributed by atoms with van der Waals surface area (Å²) in [5.74, 6) is 0.630. The lowest BCUT2D eigenvalue weighted by Gasteiger charge is -2.43. The first-order chi connectivity index (χ1) is 28.3. The summed E-state index contributed by atoms with van der Waals surface area (Å²) in [5.41, 5.74) is 1.79. The molecule has 5 aromatic rings. The number of hydrogen-bond donors (Lipinski definition) is 0. The third kappa shape index (κ3) is 9.41. The van der Waals surface area contributed by atoms with Crippen LogP contribution in [0, 0.1) is 0 Å². The van der Waals surface area contributed by atoms with Crippen LogP contribution in [-0.4, -0.2) is 52.3 Å². The van der Waals surface area contributed by atoms with Crippen LogP contribution in [0.2, 0.25) is 10.1 Å². The van der Waals surface area contributed by atoms with Crippen molar-refractivity contribution in [1.29, 1.82) is 0 Å². The lowest BCUT2D eigenvalue weighted by molar-refractivity contribution is -0.141. The SMILES string of the molecule is C=C1C[C@H](C[C@@H]2CC(=O)C[C@H](c3coc(CO[Si](c4ccccc4)(c4ccccc4)C(C)(C)C)n3)O2)O[C@@H](CCO[Si](c2ccccc2)(c2ccccc2)C(C)(C)C)C1. The van der Waals surface area contributed by atoms with Crippen LogP contribution in [0.25, 0.3) is 0 Å². The van der Waals surface area contributed by atoms with Gasteiger partial charge in [0.15, 0.2) is 0 Å². The first kappa shape index (κ1) is 42.9. The fourth-order valence-corrected chi connectivity index (χ4v) is 18.5. The number of ether oxygens (including phenoxy) is 2. The molecule has 2 aliphatic heterocycles. The molecule has 7 rings (SSSR count). The van der Waals surface area contributed by atoms with E-state index in [9.17, 15) is 4.79 Å². The molecule has 1 aromatic heterocycles. The lowest BCUT2D eigenvalue weighted by atomic mass is 9.91. The number of aromatic nitrogens is 1. The van der Waals surface area contributed by atoms with Gasteiger partial charge in [0.25, 0.3) is 16.6 Å². The fourth-order valence-electron chi connectivity index (χ4n) is 9.46. The van der Waals surface area contributed by atoms with Crippen LogP contribution in [0.15, 0.2) is 144 Å². The third-order valence-corrected chi connectivity index (χ3v) is 22.1. The van der Waals surface area contributed by atoms with Crippen LogP contribution < -0.4 is 20.7 Å². The molecule has 4 atom stereocenters. The molecule has 0 saturated carbocycles. The second kappa shape index (κ2) is 18.2. The van der Waals surface area contributed by atoms with Gasteiger partial charge in [-0.2, -0.15) is 0 Å². The largest absolute Gasteiger partial charge is 0.446 e. The van der Waals surface area contributed by atoms with E-state index in [0.717, 1.165) is 24.8 Å². The molecule has 2 saturated heterocycles. The number of carbonyl (C=O) groups excluding carboxylic acids is 1. The molecule has 9 heteroatoms. The van der Waals surface area contributed by atoms with Crippen molar-refractivity contribution >= 4 is 43.2 Å². The Kier molecular flexibility index (Phi) is 13.2. The second-order valence-electron chi connectivity index (χ2n) is 18.4. The highest BCUT2D eigenvalue weighted by atomic mass is 28.4. The topological polar surface area (TPSA) is 80.0 Å². The van der Waals surface area contributed by atoms with Crippen molar-refractivity contribution in [2.75, 3.05) is 6.61 Å². The molecule has 2 fully saturated rings.